The van der Waals surface area contributed by atoms with Gasteiger partial charge in [0.25, 0.3) is 0 Å². The van der Waals surface area contributed by atoms with Crippen molar-refractivity contribution in [3.63, 3.8) is 0 Å². The number of nitrogens with zero attached hydrogens (tertiary/aromatic N) is 1. The maximum absolute atomic E-state index is 12.7. The largest absolute Gasteiger partial charge is 0.462 e. The molecule has 6 nitrogen and oxygen atoms in total. The van der Waals surface area contributed by atoms with Gasteiger partial charge in [-0.1, -0.05) is 30.3 Å². The molecule has 0 aliphatic carbocycles. The number of nitrogens with one attached hydrogen (secondary N) is 1. The van der Waals surface area contributed by atoms with E-state index in [0.717, 1.165) is 41.9 Å². The summed E-state index contributed by atoms with van der Waals surface area (Å²) in [5, 5.41) is 12.7. The third kappa shape index (κ3) is 5.23. The van der Waals surface area contributed by atoms with Crippen LogP contribution in [-0.4, -0.2) is 54.7 Å². The van der Waals surface area contributed by atoms with Crippen LogP contribution in [0.3, 0.4) is 0 Å². The molecular formula is C22H28N2O4S. The zero-order chi connectivity index (χ0) is 20.8. The Morgan fingerprint density at radius 2 is 1.93 bits per heavy atom. The molecule has 7 heteroatoms. The van der Waals surface area contributed by atoms with E-state index in [0.29, 0.717) is 16.5 Å². The zero-order valence-electron chi connectivity index (χ0n) is 16.9. The third-order valence-corrected chi connectivity index (χ3v) is 6.23. The molecule has 3 rings (SSSR count). The summed E-state index contributed by atoms with van der Waals surface area (Å²) in [4.78, 5) is 28.4. The van der Waals surface area contributed by atoms with Crippen molar-refractivity contribution in [2.24, 2.45) is 5.92 Å². The van der Waals surface area contributed by atoms with E-state index in [4.69, 9.17) is 4.74 Å². The van der Waals surface area contributed by atoms with Gasteiger partial charge in [-0.3, -0.25) is 9.69 Å². The number of carbonyl (C=O) groups excluding carboxylic acids is 2. The fraction of sp³-hybridized carbons (Fsp3) is 0.455. The molecule has 1 aromatic carbocycles. The van der Waals surface area contributed by atoms with E-state index in [2.05, 4.69) is 10.2 Å². The van der Waals surface area contributed by atoms with Crippen molar-refractivity contribution in [1.82, 2.24) is 4.90 Å². The molecule has 0 unspecified atom stereocenters. The number of thiophene rings is 1. The lowest BCUT2D eigenvalue weighted by Gasteiger charge is -2.30. The van der Waals surface area contributed by atoms with Crippen LogP contribution >= 0.6 is 11.3 Å². The molecule has 1 aliphatic heterocycles. The quantitative estimate of drug-likeness (QED) is 0.675. The monoisotopic (exact) mass is 416 g/mol. The molecule has 2 N–H and O–H groups in total. The Bertz CT molecular complexity index is 842. The lowest BCUT2D eigenvalue weighted by Crippen LogP contribution is -2.39. The number of hydrogen-bond donors (Lipinski definition) is 2. The molecule has 2 heterocycles. The summed E-state index contributed by atoms with van der Waals surface area (Å²) >= 11 is 1.40. The predicted molar refractivity (Wildman–Crippen MR) is 115 cm³/mol. The molecule has 1 fully saturated rings. The van der Waals surface area contributed by atoms with Gasteiger partial charge >= 0.3 is 5.97 Å². The number of benzene rings is 1. The minimum atomic E-state index is -0.422. The fourth-order valence-corrected chi connectivity index (χ4v) is 4.76. The second-order valence-corrected chi connectivity index (χ2v) is 8.50. The summed E-state index contributed by atoms with van der Waals surface area (Å²) in [6.07, 6.45) is 1.79. The second-order valence-electron chi connectivity index (χ2n) is 7.27. The summed E-state index contributed by atoms with van der Waals surface area (Å²) in [6, 6.07) is 9.69. The van der Waals surface area contributed by atoms with E-state index in [-0.39, 0.29) is 25.7 Å². The first-order valence-corrected chi connectivity index (χ1v) is 10.8. The molecule has 1 saturated heterocycles. The summed E-state index contributed by atoms with van der Waals surface area (Å²) in [5.74, 6) is -0.230. The first-order chi connectivity index (χ1) is 14.0. The molecule has 2 aromatic rings. The zero-order valence-corrected chi connectivity index (χ0v) is 17.8. The first kappa shape index (κ1) is 21.5. The SMILES string of the molecule is CCOC(=O)c1c(NC(=O)CN2CCC(CO)CC2)sc(C)c1-c1ccccc1. The molecule has 1 amide bonds. The Kier molecular flexibility index (Phi) is 7.41. The van der Waals surface area contributed by atoms with Crippen LogP contribution in [0, 0.1) is 12.8 Å². The highest BCUT2D eigenvalue weighted by molar-refractivity contribution is 7.17. The number of hydrogen-bond acceptors (Lipinski definition) is 6. The number of ether oxygens (including phenoxy) is 1. The van der Waals surface area contributed by atoms with Crippen molar-refractivity contribution in [2.45, 2.75) is 26.7 Å². The minimum Gasteiger partial charge on any atom is -0.462 e. The smallest absolute Gasteiger partial charge is 0.341 e. The Morgan fingerprint density at radius 3 is 2.55 bits per heavy atom. The van der Waals surface area contributed by atoms with E-state index in [1.165, 1.54) is 11.3 Å². The van der Waals surface area contributed by atoms with Crippen LogP contribution in [-0.2, 0) is 9.53 Å². The van der Waals surface area contributed by atoms with Crippen molar-refractivity contribution >= 4 is 28.2 Å². The number of aliphatic hydroxyl groups is 1. The average molecular weight is 417 g/mol. The van der Waals surface area contributed by atoms with Gasteiger partial charge in [0.15, 0.2) is 0 Å². The van der Waals surface area contributed by atoms with Gasteiger partial charge in [0.2, 0.25) is 5.91 Å². The van der Waals surface area contributed by atoms with Crippen molar-refractivity contribution < 1.29 is 19.4 Å². The number of esters is 1. The van der Waals surface area contributed by atoms with Crippen LogP contribution in [0.2, 0.25) is 0 Å². The van der Waals surface area contributed by atoms with E-state index >= 15 is 0 Å². The Balaban J connectivity index is 1.80. The predicted octanol–water partition coefficient (Wildman–Crippen LogP) is 3.54. The highest BCUT2D eigenvalue weighted by Crippen LogP contribution is 2.40. The average Bonchev–Trinajstić information content (AvgIpc) is 3.05. The number of piperidine rings is 1. The van der Waals surface area contributed by atoms with Crippen molar-refractivity contribution in [3.8, 4) is 11.1 Å². The minimum absolute atomic E-state index is 0.140. The van der Waals surface area contributed by atoms with Crippen molar-refractivity contribution in [2.75, 3.05) is 38.2 Å². The highest BCUT2D eigenvalue weighted by Gasteiger charge is 2.26. The van der Waals surface area contributed by atoms with Crippen LogP contribution < -0.4 is 5.32 Å². The van der Waals surface area contributed by atoms with Gasteiger partial charge in [0.05, 0.1) is 13.2 Å². The summed E-state index contributed by atoms with van der Waals surface area (Å²) in [6.45, 7) is 6.07. The van der Waals surface area contributed by atoms with Gasteiger partial charge in [0.1, 0.15) is 10.6 Å². The molecule has 0 spiro atoms. The number of amides is 1. The van der Waals surface area contributed by atoms with E-state index in [9.17, 15) is 14.7 Å². The topological polar surface area (TPSA) is 78.9 Å². The van der Waals surface area contributed by atoms with Gasteiger partial charge in [0, 0.05) is 17.0 Å². The third-order valence-electron chi connectivity index (χ3n) is 5.21. The van der Waals surface area contributed by atoms with E-state index in [1.54, 1.807) is 6.92 Å². The highest BCUT2D eigenvalue weighted by atomic mass is 32.1. The summed E-state index contributed by atoms with van der Waals surface area (Å²) in [5.41, 5.74) is 2.16. The number of carbonyl (C=O) groups is 2. The molecule has 1 aliphatic rings. The molecule has 0 bridgehead atoms. The van der Waals surface area contributed by atoms with Crippen molar-refractivity contribution in [3.05, 3.63) is 40.8 Å². The van der Waals surface area contributed by atoms with Crippen LogP contribution in [0.15, 0.2) is 30.3 Å². The van der Waals surface area contributed by atoms with Crippen LogP contribution in [0.25, 0.3) is 11.1 Å². The van der Waals surface area contributed by atoms with Crippen LogP contribution in [0.4, 0.5) is 5.00 Å². The second kappa shape index (κ2) is 10.0. The molecule has 0 saturated carbocycles. The van der Waals surface area contributed by atoms with Crippen molar-refractivity contribution in [1.29, 1.82) is 0 Å². The number of rotatable bonds is 7. The van der Waals surface area contributed by atoms with Gasteiger partial charge in [-0.15, -0.1) is 11.3 Å². The normalized spacial score (nSPS) is 15.3. The molecular weight excluding hydrogens is 388 g/mol. The fourth-order valence-electron chi connectivity index (χ4n) is 3.68. The molecule has 1 aromatic heterocycles. The Labute approximate surface area is 175 Å². The summed E-state index contributed by atoms with van der Waals surface area (Å²) < 4.78 is 5.28. The van der Waals surface area contributed by atoms with E-state index < -0.39 is 5.97 Å². The lowest BCUT2D eigenvalue weighted by atomic mass is 9.98. The molecule has 29 heavy (non-hydrogen) atoms. The first-order valence-electron chi connectivity index (χ1n) is 10.0. The Morgan fingerprint density at radius 1 is 1.24 bits per heavy atom. The van der Waals surface area contributed by atoms with Gasteiger partial charge in [-0.05, 0) is 51.3 Å². The molecule has 0 atom stereocenters. The van der Waals surface area contributed by atoms with Crippen LogP contribution in [0.5, 0.6) is 0 Å². The van der Waals surface area contributed by atoms with Gasteiger partial charge < -0.3 is 15.2 Å². The number of aryl methyl sites for hydroxylation is 1. The lowest BCUT2D eigenvalue weighted by molar-refractivity contribution is -0.117. The standard InChI is InChI=1S/C22H28N2O4S/c1-3-28-22(27)20-19(17-7-5-4-6-8-17)15(2)29-21(20)23-18(26)13-24-11-9-16(14-25)10-12-24/h4-8,16,25H,3,9-14H2,1-2H3,(H,23,26). The maximum atomic E-state index is 12.7. The van der Waals surface area contributed by atoms with Crippen LogP contribution in [0.1, 0.15) is 35.0 Å². The van der Waals surface area contributed by atoms with Gasteiger partial charge in [-0.2, -0.15) is 0 Å². The molecule has 0 radical (unpaired) electrons. The number of likely N-dealkylation sites (tertiary alicyclic amines) is 1. The maximum Gasteiger partial charge on any atom is 0.341 e. The number of anilines is 1. The van der Waals surface area contributed by atoms with Gasteiger partial charge in [-0.25, -0.2) is 4.79 Å². The molecule has 156 valence electrons. The number of aliphatic hydroxyl groups excluding tert-OH is 1. The Hall–Kier alpha value is -2.22. The summed E-state index contributed by atoms with van der Waals surface area (Å²) in [7, 11) is 0. The van der Waals surface area contributed by atoms with E-state index in [1.807, 2.05) is 37.3 Å².